The first-order chi connectivity index (χ1) is 8.83. The molecule has 0 unspecified atom stereocenters. The summed E-state index contributed by atoms with van der Waals surface area (Å²) < 4.78 is 7.81. The van der Waals surface area contributed by atoms with Crippen LogP contribution in [0.2, 0.25) is 0 Å². The molecule has 94 valence electrons. The van der Waals surface area contributed by atoms with Gasteiger partial charge < -0.3 is 14.3 Å². The van der Waals surface area contributed by atoms with Crippen molar-refractivity contribution < 1.29 is 4.42 Å². The molecule has 0 spiro atoms. The summed E-state index contributed by atoms with van der Waals surface area (Å²) in [5.41, 5.74) is 2.00. The Bertz CT molecular complexity index is 582. The molecule has 18 heavy (non-hydrogen) atoms. The van der Waals surface area contributed by atoms with Crippen molar-refractivity contribution >= 4 is 0 Å². The summed E-state index contributed by atoms with van der Waals surface area (Å²) >= 11 is 0. The van der Waals surface area contributed by atoms with Gasteiger partial charge in [-0.15, -0.1) is 0 Å². The summed E-state index contributed by atoms with van der Waals surface area (Å²) in [5.74, 6) is 2.54. The van der Waals surface area contributed by atoms with E-state index >= 15 is 0 Å². The van der Waals surface area contributed by atoms with Gasteiger partial charge in [0.2, 0.25) is 0 Å². The fraction of sp³-hybridized carbons (Fsp3) is 0.538. The molecule has 1 fully saturated rings. The zero-order valence-electron chi connectivity index (χ0n) is 10.4. The quantitative estimate of drug-likeness (QED) is 0.878. The average molecular weight is 244 g/mol. The number of imidazole rings is 1. The van der Waals surface area contributed by atoms with Gasteiger partial charge in [0, 0.05) is 19.0 Å². The molecule has 5 nitrogen and oxygen atoms in total. The van der Waals surface area contributed by atoms with E-state index in [4.69, 9.17) is 4.42 Å². The maximum absolute atomic E-state index is 5.56. The van der Waals surface area contributed by atoms with Crippen molar-refractivity contribution in [2.24, 2.45) is 0 Å². The number of fused-ring (bicyclic) bond motifs is 1. The lowest BCUT2D eigenvalue weighted by molar-refractivity contribution is 0.439. The molecule has 0 amide bonds. The molecule has 0 aromatic carbocycles. The molecular weight excluding hydrogens is 228 g/mol. The molecule has 2 aromatic heterocycles. The lowest BCUT2D eigenvalue weighted by Crippen LogP contribution is -2.32. The third kappa shape index (κ3) is 1.50. The Balaban J connectivity index is 1.75. The van der Waals surface area contributed by atoms with E-state index < -0.39 is 0 Å². The van der Waals surface area contributed by atoms with E-state index in [2.05, 4.69) is 26.8 Å². The standard InChI is InChI=1S/C13H16N4O/c1-8-12-15-6-11(17(12)5-4-14-8)10-7-18-13(16-10)9-2-3-9/h6-9,14H,2-5H2,1H3/t8-/m0/s1. The van der Waals surface area contributed by atoms with Gasteiger partial charge in [0.25, 0.3) is 0 Å². The van der Waals surface area contributed by atoms with Crippen molar-refractivity contribution in [1.29, 1.82) is 0 Å². The molecule has 5 heteroatoms. The van der Waals surface area contributed by atoms with Gasteiger partial charge in [-0.1, -0.05) is 0 Å². The van der Waals surface area contributed by atoms with Crippen LogP contribution in [-0.4, -0.2) is 21.1 Å². The zero-order valence-corrected chi connectivity index (χ0v) is 10.4. The third-order valence-electron chi connectivity index (χ3n) is 3.77. The molecule has 1 aliphatic carbocycles. The summed E-state index contributed by atoms with van der Waals surface area (Å²) in [6.07, 6.45) is 6.11. The second-order valence-corrected chi connectivity index (χ2v) is 5.17. The summed E-state index contributed by atoms with van der Waals surface area (Å²) in [5, 5.41) is 3.41. The first-order valence-corrected chi connectivity index (χ1v) is 6.57. The first kappa shape index (κ1) is 10.3. The van der Waals surface area contributed by atoms with E-state index in [1.807, 2.05) is 6.20 Å². The highest BCUT2D eigenvalue weighted by Gasteiger charge is 2.29. The van der Waals surface area contributed by atoms with Crippen molar-refractivity contribution in [2.75, 3.05) is 6.54 Å². The Labute approximate surface area is 105 Å². The molecule has 2 aliphatic rings. The first-order valence-electron chi connectivity index (χ1n) is 6.57. The Hall–Kier alpha value is -1.62. The van der Waals surface area contributed by atoms with Gasteiger partial charge in [-0.3, -0.25) is 0 Å². The zero-order chi connectivity index (χ0) is 12.1. The van der Waals surface area contributed by atoms with Gasteiger partial charge in [-0.05, 0) is 19.8 Å². The van der Waals surface area contributed by atoms with Gasteiger partial charge in [-0.25, -0.2) is 9.97 Å². The lowest BCUT2D eigenvalue weighted by atomic mass is 10.2. The second kappa shape index (κ2) is 3.68. The van der Waals surface area contributed by atoms with Crippen molar-refractivity contribution in [3.63, 3.8) is 0 Å². The minimum Gasteiger partial charge on any atom is -0.448 e. The molecule has 1 saturated carbocycles. The normalized spacial score (nSPS) is 23.1. The predicted molar refractivity (Wildman–Crippen MR) is 66.1 cm³/mol. The summed E-state index contributed by atoms with van der Waals surface area (Å²) in [7, 11) is 0. The average Bonchev–Trinajstić information content (AvgIpc) is 2.95. The SMILES string of the molecule is C[C@@H]1NCCn2c(-c3coc(C4CC4)n3)cnc21. The minimum absolute atomic E-state index is 0.308. The molecule has 1 N–H and O–H groups in total. The van der Waals surface area contributed by atoms with Crippen LogP contribution in [0.25, 0.3) is 11.4 Å². The molecule has 0 bridgehead atoms. The monoisotopic (exact) mass is 244 g/mol. The van der Waals surface area contributed by atoms with Crippen LogP contribution in [0, 0.1) is 0 Å². The molecular formula is C13H16N4O. The predicted octanol–water partition coefficient (Wildman–Crippen LogP) is 2.08. The van der Waals surface area contributed by atoms with Crippen LogP contribution < -0.4 is 5.32 Å². The third-order valence-corrected chi connectivity index (χ3v) is 3.77. The molecule has 0 radical (unpaired) electrons. The molecule has 1 atom stereocenters. The number of oxazole rings is 1. The van der Waals surface area contributed by atoms with Crippen LogP contribution in [-0.2, 0) is 6.54 Å². The van der Waals surface area contributed by atoms with Gasteiger partial charge in [0.05, 0.1) is 17.9 Å². The van der Waals surface area contributed by atoms with Gasteiger partial charge in [-0.2, -0.15) is 0 Å². The van der Waals surface area contributed by atoms with E-state index in [-0.39, 0.29) is 0 Å². The van der Waals surface area contributed by atoms with Crippen LogP contribution in [0.15, 0.2) is 16.9 Å². The smallest absolute Gasteiger partial charge is 0.197 e. The Morgan fingerprint density at radius 2 is 2.33 bits per heavy atom. The van der Waals surface area contributed by atoms with E-state index in [1.165, 1.54) is 12.8 Å². The highest BCUT2D eigenvalue weighted by Crippen LogP contribution is 2.40. The fourth-order valence-electron chi connectivity index (χ4n) is 2.58. The van der Waals surface area contributed by atoms with E-state index in [0.717, 1.165) is 36.2 Å². The molecule has 0 saturated heterocycles. The fourth-order valence-corrected chi connectivity index (χ4v) is 2.58. The van der Waals surface area contributed by atoms with Crippen LogP contribution in [0.4, 0.5) is 0 Å². The van der Waals surface area contributed by atoms with Crippen molar-refractivity contribution in [1.82, 2.24) is 19.9 Å². The van der Waals surface area contributed by atoms with Crippen LogP contribution in [0.5, 0.6) is 0 Å². The van der Waals surface area contributed by atoms with Gasteiger partial charge in [0.1, 0.15) is 17.8 Å². The molecule has 2 aromatic rings. The highest BCUT2D eigenvalue weighted by molar-refractivity contribution is 5.53. The second-order valence-electron chi connectivity index (χ2n) is 5.17. The number of hydrogen-bond donors (Lipinski definition) is 1. The van der Waals surface area contributed by atoms with Gasteiger partial charge in [0.15, 0.2) is 5.89 Å². The Kier molecular flexibility index (Phi) is 2.11. The molecule has 4 rings (SSSR count). The summed E-state index contributed by atoms with van der Waals surface area (Å²) in [4.78, 5) is 9.10. The van der Waals surface area contributed by atoms with Crippen LogP contribution in [0.3, 0.4) is 0 Å². The van der Waals surface area contributed by atoms with Crippen molar-refractivity contribution in [3.05, 3.63) is 24.2 Å². The van der Waals surface area contributed by atoms with Crippen molar-refractivity contribution in [2.45, 2.75) is 38.3 Å². The topological polar surface area (TPSA) is 55.9 Å². The Morgan fingerprint density at radius 3 is 3.17 bits per heavy atom. The van der Waals surface area contributed by atoms with Crippen molar-refractivity contribution in [3.8, 4) is 11.4 Å². The van der Waals surface area contributed by atoms with E-state index in [1.54, 1.807) is 6.26 Å². The number of nitrogens with one attached hydrogen (secondary N) is 1. The minimum atomic E-state index is 0.308. The Morgan fingerprint density at radius 1 is 1.44 bits per heavy atom. The lowest BCUT2D eigenvalue weighted by Gasteiger charge is -2.22. The number of rotatable bonds is 2. The van der Waals surface area contributed by atoms with Crippen LogP contribution in [0.1, 0.15) is 43.4 Å². The van der Waals surface area contributed by atoms with Gasteiger partial charge >= 0.3 is 0 Å². The summed E-state index contributed by atoms with van der Waals surface area (Å²) in [6, 6.07) is 0.308. The maximum atomic E-state index is 5.56. The van der Waals surface area contributed by atoms with E-state index in [0.29, 0.717) is 12.0 Å². The number of aromatic nitrogens is 3. The highest BCUT2D eigenvalue weighted by atomic mass is 16.3. The number of hydrogen-bond acceptors (Lipinski definition) is 4. The largest absolute Gasteiger partial charge is 0.448 e. The maximum Gasteiger partial charge on any atom is 0.197 e. The molecule has 1 aliphatic heterocycles. The van der Waals surface area contributed by atoms with Crippen LogP contribution >= 0.6 is 0 Å². The molecule has 3 heterocycles. The summed E-state index contributed by atoms with van der Waals surface area (Å²) in [6.45, 7) is 4.06. The number of nitrogens with zero attached hydrogens (tertiary/aromatic N) is 3. The van der Waals surface area contributed by atoms with E-state index in [9.17, 15) is 0 Å².